The van der Waals surface area contributed by atoms with Crippen LogP contribution < -0.4 is 11.1 Å². The van der Waals surface area contributed by atoms with E-state index in [0.717, 1.165) is 10.0 Å². The summed E-state index contributed by atoms with van der Waals surface area (Å²) in [6.45, 7) is 0.422. The Morgan fingerprint density at radius 3 is 2.74 bits per heavy atom. The molecule has 1 amide bonds. The third-order valence-corrected chi connectivity index (χ3v) is 3.74. The Hall–Kier alpha value is -1.52. The first-order valence-electron chi connectivity index (χ1n) is 5.64. The molecule has 0 saturated carbocycles. The third-order valence-electron chi connectivity index (χ3n) is 2.63. The topological polar surface area (TPSA) is 55.1 Å². The summed E-state index contributed by atoms with van der Waals surface area (Å²) in [7, 11) is 0. The molecule has 0 radical (unpaired) electrons. The summed E-state index contributed by atoms with van der Waals surface area (Å²) < 4.78 is 0.953. The van der Waals surface area contributed by atoms with Crippen molar-refractivity contribution in [1.29, 1.82) is 0 Å². The lowest BCUT2D eigenvalue weighted by Crippen LogP contribution is -2.23. The molecule has 19 heavy (non-hydrogen) atoms. The second-order valence-electron chi connectivity index (χ2n) is 4.01. The Kier molecular flexibility index (Phi) is 4.45. The Morgan fingerprint density at radius 2 is 2.00 bits per heavy atom. The number of hydrogen-bond donors (Lipinski definition) is 2. The van der Waals surface area contributed by atoms with Crippen molar-refractivity contribution in [2.45, 2.75) is 6.54 Å². The van der Waals surface area contributed by atoms with Gasteiger partial charge >= 0.3 is 0 Å². The number of amides is 1. The largest absolute Gasteiger partial charge is 0.399 e. The Bertz CT molecular complexity index is 616. The second kappa shape index (κ2) is 6.08. The van der Waals surface area contributed by atoms with Crippen molar-refractivity contribution in [2.75, 3.05) is 5.73 Å². The molecule has 2 rings (SSSR count). The molecule has 98 valence electrons. The first-order chi connectivity index (χ1) is 9.08. The Morgan fingerprint density at radius 1 is 1.26 bits per heavy atom. The number of rotatable bonds is 3. The van der Waals surface area contributed by atoms with Gasteiger partial charge in [-0.1, -0.05) is 45.7 Å². The number of carbonyl (C=O) groups is 1. The molecule has 0 saturated heterocycles. The fourth-order valence-electron chi connectivity index (χ4n) is 1.63. The van der Waals surface area contributed by atoms with E-state index in [0.29, 0.717) is 22.8 Å². The van der Waals surface area contributed by atoms with Gasteiger partial charge in [-0.15, -0.1) is 0 Å². The number of carbonyl (C=O) groups excluding carboxylic acids is 1. The lowest BCUT2D eigenvalue weighted by molar-refractivity contribution is 0.0951. The summed E-state index contributed by atoms with van der Waals surface area (Å²) >= 11 is 9.41. The van der Waals surface area contributed by atoms with Gasteiger partial charge in [-0.05, 0) is 29.8 Å². The van der Waals surface area contributed by atoms with E-state index < -0.39 is 0 Å². The quantitative estimate of drug-likeness (QED) is 0.839. The average Bonchev–Trinajstić information content (AvgIpc) is 2.40. The lowest BCUT2D eigenvalue weighted by atomic mass is 10.1. The standard InChI is InChI=1S/C14H12BrClN2O/c15-12-4-2-1-3-9(12)8-18-14(19)11-7-10(17)5-6-13(11)16/h1-7H,8,17H2,(H,18,19). The zero-order valence-corrected chi connectivity index (χ0v) is 12.3. The van der Waals surface area contributed by atoms with Crippen LogP contribution in [0.5, 0.6) is 0 Å². The van der Waals surface area contributed by atoms with E-state index in [1.54, 1.807) is 18.2 Å². The predicted molar refractivity (Wildman–Crippen MR) is 81.2 cm³/mol. The smallest absolute Gasteiger partial charge is 0.253 e. The molecule has 0 aliphatic heterocycles. The minimum Gasteiger partial charge on any atom is -0.399 e. The molecule has 2 aromatic carbocycles. The maximum Gasteiger partial charge on any atom is 0.253 e. The Balaban J connectivity index is 2.10. The van der Waals surface area contributed by atoms with Crippen molar-refractivity contribution >= 4 is 39.1 Å². The van der Waals surface area contributed by atoms with Gasteiger partial charge in [0.1, 0.15) is 0 Å². The van der Waals surface area contributed by atoms with E-state index in [1.807, 2.05) is 24.3 Å². The van der Waals surface area contributed by atoms with Gasteiger partial charge in [-0.2, -0.15) is 0 Å². The molecule has 0 bridgehead atoms. The SMILES string of the molecule is Nc1ccc(Cl)c(C(=O)NCc2ccccc2Br)c1. The highest BCUT2D eigenvalue weighted by Crippen LogP contribution is 2.19. The molecule has 0 aromatic heterocycles. The predicted octanol–water partition coefficient (Wildman–Crippen LogP) is 3.61. The number of benzene rings is 2. The van der Waals surface area contributed by atoms with Gasteiger partial charge in [0.2, 0.25) is 0 Å². The van der Waals surface area contributed by atoms with Gasteiger partial charge in [0.15, 0.2) is 0 Å². The fraction of sp³-hybridized carbons (Fsp3) is 0.0714. The van der Waals surface area contributed by atoms with Gasteiger partial charge in [0.25, 0.3) is 5.91 Å². The van der Waals surface area contributed by atoms with E-state index in [9.17, 15) is 4.79 Å². The number of nitrogens with two attached hydrogens (primary N) is 1. The maximum atomic E-state index is 12.0. The van der Waals surface area contributed by atoms with E-state index in [2.05, 4.69) is 21.2 Å². The van der Waals surface area contributed by atoms with Gasteiger partial charge in [-0.3, -0.25) is 4.79 Å². The zero-order chi connectivity index (χ0) is 13.8. The van der Waals surface area contributed by atoms with Gasteiger partial charge < -0.3 is 11.1 Å². The van der Waals surface area contributed by atoms with Crippen LogP contribution in [0, 0.1) is 0 Å². The molecular formula is C14H12BrClN2O. The zero-order valence-electron chi connectivity index (χ0n) is 9.99. The van der Waals surface area contributed by atoms with Crippen molar-refractivity contribution in [3.05, 3.63) is 63.1 Å². The number of anilines is 1. The fourth-order valence-corrected chi connectivity index (χ4v) is 2.26. The van der Waals surface area contributed by atoms with Crippen molar-refractivity contribution in [1.82, 2.24) is 5.32 Å². The van der Waals surface area contributed by atoms with Gasteiger partial charge in [0, 0.05) is 16.7 Å². The van der Waals surface area contributed by atoms with Crippen LogP contribution in [-0.2, 0) is 6.54 Å². The van der Waals surface area contributed by atoms with Gasteiger partial charge in [0.05, 0.1) is 10.6 Å². The van der Waals surface area contributed by atoms with Crippen molar-refractivity contribution < 1.29 is 4.79 Å². The van der Waals surface area contributed by atoms with Crippen LogP contribution in [-0.4, -0.2) is 5.91 Å². The summed E-state index contributed by atoms with van der Waals surface area (Å²) in [5.74, 6) is -0.243. The minimum atomic E-state index is -0.243. The highest BCUT2D eigenvalue weighted by Gasteiger charge is 2.10. The first-order valence-corrected chi connectivity index (χ1v) is 6.81. The summed E-state index contributed by atoms with van der Waals surface area (Å²) in [6.07, 6.45) is 0. The molecule has 5 heteroatoms. The lowest BCUT2D eigenvalue weighted by Gasteiger charge is -2.08. The molecule has 0 aliphatic carbocycles. The molecule has 0 aliphatic rings. The number of halogens is 2. The van der Waals surface area contributed by atoms with E-state index >= 15 is 0 Å². The molecule has 3 nitrogen and oxygen atoms in total. The first kappa shape index (κ1) is 13.9. The number of nitrogen functional groups attached to an aromatic ring is 1. The molecule has 0 spiro atoms. The van der Waals surface area contributed by atoms with Crippen LogP contribution in [0.15, 0.2) is 46.9 Å². The van der Waals surface area contributed by atoms with E-state index in [1.165, 1.54) is 0 Å². The van der Waals surface area contributed by atoms with Crippen LogP contribution in [0.3, 0.4) is 0 Å². The van der Waals surface area contributed by atoms with Gasteiger partial charge in [-0.25, -0.2) is 0 Å². The Labute approximate surface area is 124 Å². The molecular weight excluding hydrogens is 328 g/mol. The summed E-state index contributed by atoms with van der Waals surface area (Å²) in [6, 6.07) is 12.5. The molecule has 0 heterocycles. The highest BCUT2D eigenvalue weighted by molar-refractivity contribution is 9.10. The summed E-state index contributed by atoms with van der Waals surface area (Å²) in [4.78, 5) is 12.0. The number of hydrogen-bond acceptors (Lipinski definition) is 2. The monoisotopic (exact) mass is 338 g/mol. The van der Waals surface area contributed by atoms with E-state index in [4.69, 9.17) is 17.3 Å². The molecule has 2 aromatic rings. The second-order valence-corrected chi connectivity index (χ2v) is 5.27. The highest BCUT2D eigenvalue weighted by atomic mass is 79.9. The minimum absolute atomic E-state index is 0.243. The van der Waals surface area contributed by atoms with Crippen molar-refractivity contribution in [3.8, 4) is 0 Å². The molecule has 0 unspecified atom stereocenters. The van der Waals surface area contributed by atoms with Crippen LogP contribution in [0.1, 0.15) is 15.9 Å². The van der Waals surface area contributed by atoms with Crippen LogP contribution in [0.25, 0.3) is 0 Å². The van der Waals surface area contributed by atoms with Crippen LogP contribution in [0.4, 0.5) is 5.69 Å². The van der Waals surface area contributed by atoms with Crippen LogP contribution >= 0.6 is 27.5 Å². The summed E-state index contributed by atoms with van der Waals surface area (Å²) in [5, 5.41) is 3.20. The molecule has 3 N–H and O–H groups in total. The average molecular weight is 340 g/mol. The van der Waals surface area contributed by atoms with Crippen molar-refractivity contribution in [3.63, 3.8) is 0 Å². The van der Waals surface area contributed by atoms with Crippen LogP contribution in [0.2, 0.25) is 5.02 Å². The number of nitrogens with one attached hydrogen (secondary N) is 1. The summed E-state index contributed by atoms with van der Waals surface area (Å²) in [5.41, 5.74) is 7.54. The normalized spacial score (nSPS) is 10.2. The third kappa shape index (κ3) is 3.49. The van der Waals surface area contributed by atoms with Crippen molar-refractivity contribution in [2.24, 2.45) is 0 Å². The molecule has 0 atom stereocenters. The van der Waals surface area contributed by atoms with E-state index in [-0.39, 0.29) is 5.91 Å². The molecule has 0 fully saturated rings. The maximum absolute atomic E-state index is 12.0.